The number of nitrogens with two attached hydrogens (primary N) is 1. The molecule has 0 fully saturated rings. The smallest absolute Gasteiger partial charge is 0.288 e. The van der Waals surface area contributed by atoms with E-state index in [0.29, 0.717) is 24.8 Å². The van der Waals surface area contributed by atoms with Gasteiger partial charge in [-0.2, -0.15) is 0 Å². The number of carbonyl (C=O) groups is 1. The van der Waals surface area contributed by atoms with Crippen LogP contribution in [0.5, 0.6) is 0 Å². The molecule has 6 heteroatoms. The molecule has 0 saturated carbocycles. The van der Waals surface area contributed by atoms with Crippen LogP contribution < -0.4 is 5.73 Å². The Morgan fingerprint density at radius 1 is 1.13 bits per heavy atom. The van der Waals surface area contributed by atoms with Crippen molar-refractivity contribution in [3.05, 3.63) is 77.4 Å². The van der Waals surface area contributed by atoms with Gasteiger partial charge in [-0.25, -0.2) is 9.67 Å². The molecule has 2 N–H and O–H groups in total. The monoisotopic (exact) mass is 406 g/mol. The Balaban J connectivity index is 1.89. The van der Waals surface area contributed by atoms with E-state index >= 15 is 0 Å². The molecule has 1 unspecified atom stereocenters. The van der Waals surface area contributed by atoms with Gasteiger partial charge in [-0.05, 0) is 36.1 Å². The van der Waals surface area contributed by atoms with Crippen LogP contribution in [0.3, 0.4) is 0 Å². The van der Waals surface area contributed by atoms with Gasteiger partial charge in [-0.3, -0.25) is 4.79 Å². The molecular formula is C24H30N4O2. The first kappa shape index (κ1) is 21.7. The summed E-state index contributed by atoms with van der Waals surface area (Å²) in [6, 6.07) is 18.2. The van der Waals surface area contributed by atoms with Crippen LogP contribution in [0.2, 0.25) is 0 Å². The zero-order valence-corrected chi connectivity index (χ0v) is 17.8. The van der Waals surface area contributed by atoms with Crippen molar-refractivity contribution in [3.8, 4) is 5.69 Å². The molecule has 0 saturated heterocycles. The highest BCUT2D eigenvalue weighted by Gasteiger charge is 2.17. The third-order valence-electron chi connectivity index (χ3n) is 5.14. The van der Waals surface area contributed by atoms with E-state index in [1.807, 2.05) is 42.5 Å². The maximum Gasteiger partial charge on any atom is 0.288 e. The summed E-state index contributed by atoms with van der Waals surface area (Å²) in [7, 11) is 0. The van der Waals surface area contributed by atoms with Crippen molar-refractivity contribution in [2.24, 2.45) is 5.73 Å². The number of hydrogen-bond donors (Lipinski definition) is 1. The van der Waals surface area contributed by atoms with Crippen molar-refractivity contribution in [2.45, 2.75) is 45.4 Å². The molecule has 1 aromatic heterocycles. The van der Waals surface area contributed by atoms with E-state index in [4.69, 9.17) is 10.5 Å². The largest absolute Gasteiger partial charge is 0.381 e. The second-order valence-electron chi connectivity index (χ2n) is 7.42. The Hall–Kier alpha value is -2.99. The molecule has 0 aliphatic carbocycles. The molecule has 0 radical (unpaired) electrons. The van der Waals surface area contributed by atoms with E-state index in [1.54, 1.807) is 4.68 Å². The lowest BCUT2D eigenvalue weighted by Crippen LogP contribution is -2.13. The molecule has 6 nitrogen and oxygen atoms in total. The summed E-state index contributed by atoms with van der Waals surface area (Å²) in [4.78, 5) is 16.1. The number of hydrogen-bond acceptors (Lipinski definition) is 4. The normalized spacial score (nSPS) is 12.1. The third kappa shape index (κ3) is 5.54. The first-order valence-corrected chi connectivity index (χ1v) is 10.6. The number of aromatic nitrogens is 3. The molecule has 30 heavy (non-hydrogen) atoms. The third-order valence-corrected chi connectivity index (χ3v) is 5.14. The summed E-state index contributed by atoms with van der Waals surface area (Å²) < 4.78 is 7.59. The minimum absolute atomic E-state index is 0.0290. The van der Waals surface area contributed by atoms with E-state index in [1.165, 1.54) is 5.56 Å². The number of amides is 1. The maximum absolute atomic E-state index is 11.7. The van der Waals surface area contributed by atoms with Crippen LogP contribution >= 0.6 is 0 Å². The van der Waals surface area contributed by atoms with Gasteiger partial charge in [-0.15, -0.1) is 5.10 Å². The molecule has 0 spiro atoms. The highest BCUT2D eigenvalue weighted by atomic mass is 16.5. The number of ether oxygens (including phenoxy) is 1. The predicted molar refractivity (Wildman–Crippen MR) is 118 cm³/mol. The average Bonchev–Trinajstić information content (AvgIpc) is 3.19. The van der Waals surface area contributed by atoms with Gasteiger partial charge in [0, 0.05) is 18.9 Å². The van der Waals surface area contributed by atoms with Gasteiger partial charge in [0.15, 0.2) is 0 Å². The van der Waals surface area contributed by atoms with Gasteiger partial charge in [-0.1, -0.05) is 62.7 Å². The summed E-state index contributed by atoms with van der Waals surface area (Å²) in [6.45, 7) is 5.82. The Morgan fingerprint density at radius 2 is 1.93 bits per heavy atom. The van der Waals surface area contributed by atoms with Crippen LogP contribution in [0.1, 0.15) is 66.6 Å². The Kier molecular flexibility index (Phi) is 7.74. The first-order valence-electron chi connectivity index (χ1n) is 10.6. The quantitative estimate of drug-likeness (QED) is 0.482. The van der Waals surface area contributed by atoms with Crippen LogP contribution in [-0.2, 0) is 11.2 Å². The minimum Gasteiger partial charge on any atom is -0.381 e. The Labute approximate surface area is 178 Å². The van der Waals surface area contributed by atoms with Crippen molar-refractivity contribution in [3.63, 3.8) is 0 Å². The SMILES string of the molecule is CCCCOCC(CC)c1cccc(-n2nc(C(N)=O)nc2Cc2ccccc2)c1. The summed E-state index contributed by atoms with van der Waals surface area (Å²) in [6.07, 6.45) is 3.75. The molecule has 1 heterocycles. The predicted octanol–water partition coefficient (Wildman–Crippen LogP) is 4.27. The number of nitrogens with zero attached hydrogens (tertiary/aromatic N) is 3. The van der Waals surface area contributed by atoms with Gasteiger partial charge < -0.3 is 10.5 Å². The number of rotatable bonds is 11. The van der Waals surface area contributed by atoms with Crippen molar-refractivity contribution < 1.29 is 9.53 Å². The van der Waals surface area contributed by atoms with Crippen molar-refractivity contribution in [1.29, 1.82) is 0 Å². The molecule has 158 valence electrons. The van der Waals surface area contributed by atoms with E-state index in [9.17, 15) is 4.79 Å². The molecule has 0 aliphatic heterocycles. The molecule has 1 atom stereocenters. The topological polar surface area (TPSA) is 83.0 Å². The first-order chi connectivity index (χ1) is 14.6. The fraction of sp³-hybridized carbons (Fsp3) is 0.375. The van der Waals surface area contributed by atoms with Gasteiger partial charge in [0.2, 0.25) is 5.82 Å². The fourth-order valence-corrected chi connectivity index (χ4v) is 3.38. The number of unbranched alkanes of at least 4 members (excludes halogenated alkanes) is 1. The summed E-state index contributed by atoms with van der Waals surface area (Å²) in [5, 5.41) is 4.39. The van der Waals surface area contributed by atoms with E-state index in [-0.39, 0.29) is 5.82 Å². The van der Waals surface area contributed by atoms with E-state index < -0.39 is 5.91 Å². The standard InChI is InChI=1S/C24H30N4O2/c1-3-5-14-30-17-19(4-2)20-12-9-13-21(16-20)28-22(26-24(27-28)23(25)29)15-18-10-7-6-8-11-18/h6-13,16,19H,3-5,14-15,17H2,1-2H3,(H2,25,29). The Morgan fingerprint density at radius 3 is 2.63 bits per heavy atom. The second-order valence-corrected chi connectivity index (χ2v) is 7.42. The summed E-state index contributed by atoms with van der Waals surface area (Å²) >= 11 is 0. The van der Waals surface area contributed by atoms with Crippen LogP contribution in [0.25, 0.3) is 5.69 Å². The molecule has 0 aliphatic rings. The van der Waals surface area contributed by atoms with E-state index in [2.05, 4.69) is 36.1 Å². The Bertz CT molecular complexity index is 953. The van der Waals surface area contributed by atoms with Gasteiger partial charge >= 0.3 is 0 Å². The summed E-state index contributed by atoms with van der Waals surface area (Å²) in [5.74, 6) is 0.383. The van der Waals surface area contributed by atoms with Crippen LogP contribution in [-0.4, -0.2) is 33.9 Å². The van der Waals surface area contributed by atoms with Gasteiger partial charge in [0.05, 0.1) is 12.3 Å². The number of carbonyl (C=O) groups excluding carboxylic acids is 1. The lowest BCUT2D eigenvalue weighted by atomic mass is 9.97. The van der Waals surface area contributed by atoms with Crippen LogP contribution in [0, 0.1) is 0 Å². The van der Waals surface area contributed by atoms with E-state index in [0.717, 1.165) is 37.1 Å². The molecule has 3 aromatic rings. The molecule has 0 bridgehead atoms. The highest BCUT2D eigenvalue weighted by molar-refractivity contribution is 5.88. The number of benzene rings is 2. The lowest BCUT2D eigenvalue weighted by Gasteiger charge is -2.17. The molecule has 1 amide bonds. The maximum atomic E-state index is 11.7. The minimum atomic E-state index is -0.630. The van der Waals surface area contributed by atoms with Gasteiger partial charge in [0.25, 0.3) is 5.91 Å². The molecular weight excluding hydrogens is 376 g/mol. The summed E-state index contributed by atoms with van der Waals surface area (Å²) in [5.41, 5.74) is 8.60. The fourth-order valence-electron chi connectivity index (χ4n) is 3.38. The lowest BCUT2D eigenvalue weighted by molar-refractivity contribution is 0.0990. The van der Waals surface area contributed by atoms with Gasteiger partial charge in [0.1, 0.15) is 5.82 Å². The number of primary amides is 1. The van der Waals surface area contributed by atoms with Crippen molar-refractivity contribution >= 4 is 5.91 Å². The second kappa shape index (κ2) is 10.7. The molecule has 3 rings (SSSR count). The van der Waals surface area contributed by atoms with Crippen molar-refractivity contribution in [1.82, 2.24) is 14.8 Å². The zero-order valence-electron chi connectivity index (χ0n) is 17.8. The highest BCUT2D eigenvalue weighted by Crippen LogP contribution is 2.23. The molecule has 2 aromatic carbocycles. The van der Waals surface area contributed by atoms with Crippen LogP contribution in [0.4, 0.5) is 0 Å². The zero-order chi connectivity index (χ0) is 21.3. The van der Waals surface area contributed by atoms with Crippen LogP contribution in [0.15, 0.2) is 54.6 Å². The van der Waals surface area contributed by atoms with Crippen molar-refractivity contribution in [2.75, 3.05) is 13.2 Å². The average molecular weight is 407 g/mol.